The molecule has 2 aromatic rings. The Morgan fingerprint density at radius 1 is 1.14 bits per heavy atom. The Labute approximate surface area is 202 Å². The second-order valence-corrected chi connectivity index (χ2v) is 8.22. The number of aliphatic imine (C=N–C) groups is 1. The van der Waals surface area contributed by atoms with E-state index in [2.05, 4.69) is 16.0 Å². The van der Waals surface area contributed by atoms with Crippen LogP contribution >= 0.6 is 0 Å². The molecule has 1 aliphatic heterocycles. The van der Waals surface area contributed by atoms with E-state index in [1.165, 1.54) is 6.33 Å². The van der Waals surface area contributed by atoms with E-state index in [4.69, 9.17) is 29.8 Å². The molecular formula is C24H29N3O8. The number of methoxy groups -OCH3 is 1. The van der Waals surface area contributed by atoms with E-state index >= 15 is 0 Å². The molecule has 1 saturated carbocycles. The van der Waals surface area contributed by atoms with Crippen LogP contribution in [0.25, 0.3) is 0 Å². The number of ether oxygens (including phenoxy) is 2. The van der Waals surface area contributed by atoms with Crippen LogP contribution in [-0.2, 0) is 9.59 Å². The average Bonchev–Trinajstić information content (AvgIpc) is 2.84. The van der Waals surface area contributed by atoms with E-state index in [9.17, 15) is 14.7 Å². The number of aliphatic hydroxyl groups is 2. The zero-order valence-electron chi connectivity index (χ0n) is 19.5. The Hall–Kier alpha value is -3.57. The zero-order chi connectivity index (χ0) is 25.5. The first-order valence-electron chi connectivity index (χ1n) is 11.2. The molecule has 0 radical (unpaired) electrons. The maximum atomic E-state index is 10.2. The summed E-state index contributed by atoms with van der Waals surface area (Å²) in [4.78, 5) is 32.7. The Balaban J connectivity index is 0.000000327. The number of fused-ring (bicyclic) bond motifs is 3. The van der Waals surface area contributed by atoms with Crippen molar-refractivity contribution in [2.75, 3.05) is 13.7 Å². The number of aromatic nitrogens is 2. The lowest BCUT2D eigenvalue weighted by Gasteiger charge is -2.37. The standard InChI is InChI=1S/C20H23N3O3.C4H6O5/c1-3-26-19-7-14-15-6-13(24)4-5-17(15)23-20(12-9-21-11-22-10-12)16(14)8-18(19)25-2;5-2(4(8)9)1-3(6)7/h7-11,13,15,17,24H,3-6H2,1-2H3;2,5H,1H2,(H,6,7)(H,8,9)/t13-,15-,17-;2-/m10/s1. The number of carboxylic acids is 2. The van der Waals surface area contributed by atoms with Crippen molar-refractivity contribution in [2.24, 2.45) is 4.99 Å². The van der Waals surface area contributed by atoms with Crippen LogP contribution in [0.4, 0.5) is 0 Å². The van der Waals surface area contributed by atoms with Crippen LogP contribution in [0.15, 0.2) is 35.8 Å². The van der Waals surface area contributed by atoms with Gasteiger partial charge in [0.25, 0.3) is 0 Å². The summed E-state index contributed by atoms with van der Waals surface area (Å²) in [5, 5.41) is 34.3. The molecule has 188 valence electrons. The van der Waals surface area contributed by atoms with Gasteiger partial charge >= 0.3 is 11.9 Å². The van der Waals surface area contributed by atoms with Gasteiger partial charge < -0.3 is 29.9 Å². The second-order valence-electron chi connectivity index (χ2n) is 8.22. The largest absolute Gasteiger partial charge is 0.493 e. The van der Waals surface area contributed by atoms with Gasteiger partial charge in [0.2, 0.25) is 0 Å². The normalized spacial score (nSPS) is 21.3. The van der Waals surface area contributed by atoms with Crippen molar-refractivity contribution < 1.29 is 39.5 Å². The van der Waals surface area contributed by atoms with Gasteiger partial charge in [-0.2, -0.15) is 0 Å². The van der Waals surface area contributed by atoms with Crippen LogP contribution in [0.3, 0.4) is 0 Å². The molecule has 4 N–H and O–H groups in total. The van der Waals surface area contributed by atoms with Crippen molar-refractivity contribution in [1.82, 2.24) is 9.97 Å². The summed E-state index contributed by atoms with van der Waals surface area (Å²) in [6, 6.07) is 4.21. The molecule has 1 aliphatic carbocycles. The quantitative estimate of drug-likeness (QED) is 0.450. The molecule has 0 amide bonds. The SMILES string of the molecule is CCOc1cc2c(cc1OC)C(c1cncnc1)=N[C@@H]1CC[C@@H](O)C[C@H]21.O=C(O)C[C@H](O)C(=O)O. The molecular weight excluding hydrogens is 458 g/mol. The van der Waals surface area contributed by atoms with E-state index in [0.29, 0.717) is 12.4 Å². The van der Waals surface area contributed by atoms with E-state index in [1.807, 2.05) is 13.0 Å². The number of aliphatic carboxylic acids is 2. The molecule has 0 unspecified atom stereocenters. The number of hydrogen-bond donors (Lipinski definition) is 4. The molecule has 4 atom stereocenters. The Bertz CT molecular complexity index is 1080. The van der Waals surface area contributed by atoms with Gasteiger partial charge in [-0.05, 0) is 43.9 Å². The Kier molecular flexibility index (Phi) is 8.72. The summed E-state index contributed by atoms with van der Waals surface area (Å²) in [7, 11) is 1.64. The predicted molar refractivity (Wildman–Crippen MR) is 124 cm³/mol. The number of carboxylic acid groups (broad SMARTS) is 2. The van der Waals surface area contributed by atoms with Crippen LogP contribution in [0, 0.1) is 0 Å². The van der Waals surface area contributed by atoms with Crippen LogP contribution in [-0.4, -0.2) is 80.0 Å². The highest BCUT2D eigenvalue weighted by Crippen LogP contribution is 2.44. The maximum absolute atomic E-state index is 10.2. The van der Waals surface area contributed by atoms with E-state index < -0.39 is 24.5 Å². The van der Waals surface area contributed by atoms with Gasteiger partial charge in [-0.15, -0.1) is 0 Å². The fraction of sp³-hybridized carbons (Fsp3) is 0.458. The van der Waals surface area contributed by atoms with Crippen LogP contribution in [0.2, 0.25) is 0 Å². The van der Waals surface area contributed by atoms with Crippen LogP contribution in [0.1, 0.15) is 55.2 Å². The van der Waals surface area contributed by atoms with Gasteiger partial charge in [0.15, 0.2) is 17.6 Å². The fourth-order valence-corrected chi connectivity index (χ4v) is 4.28. The summed E-state index contributed by atoms with van der Waals surface area (Å²) in [6.07, 6.45) is 4.65. The summed E-state index contributed by atoms with van der Waals surface area (Å²) < 4.78 is 11.3. The minimum atomic E-state index is -1.79. The van der Waals surface area contributed by atoms with Crippen molar-refractivity contribution in [2.45, 2.75) is 56.8 Å². The molecule has 35 heavy (non-hydrogen) atoms. The molecule has 0 saturated heterocycles. The number of nitrogens with zero attached hydrogens (tertiary/aromatic N) is 3. The molecule has 0 spiro atoms. The number of carbonyl (C=O) groups is 2. The van der Waals surface area contributed by atoms with Gasteiger partial charge in [-0.25, -0.2) is 14.8 Å². The molecule has 1 fully saturated rings. The van der Waals surface area contributed by atoms with E-state index in [-0.39, 0.29) is 18.1 Å². The molecule has 2 aliphatic rings. The van der Waals surface area contributed by atoms with Gasteiger partial charge in [-0.3, -0.25) is 9.79 Å². The molecule has 4 rings (SSSR count). The Morgan fingerprint density at radius 3 is 2.43 bits per heavy atom. The first-order chi connectivity index (χ1) is 16.7. The molecule has 11 heteroatoms. The monoisotopic (exact) mass is 487 g/mol. The van der Waals surface area contributed by atoms with Crippen molar-refractivity contribution in [3.8, 4) is 11.5 Å². The van der Waals surface area contributed by atoms with Crippen molar-refractivity contribution in [3.05, 3.63) is 47.5 Å². The topological polar surface area (TPSA) is 172 Å². The van der Waals surface area contributed by atoms with E-state index in [0.717, 1.165) is 47.4 Å². The average molecular weight is 488 g/mol. The fourth-order valence-electron chi connectivity index (χ4n) is 4.28. The van der Waals surface area contributed by atoms with Gasteiger partial charge in [0, 0.05) is 29.4 Å². The summed E-state index contributed by atoms with van der Waals surface area (Å²) in [5.41, 5.74) is 3.95. The van der Waals surface area contributed by atoms with Crippen molar-refractivity contribution in [3.63, 3.8) is 0 Å². The molecule has 2 heterocycles. The third kappa shape index (κ3) is 6.31. The van der Waals surface area contributed by atoms with Crippen molar-refractivity contribution in [1.29, 1.82) is 0 Å². The Morgan fingerprint density at radius 2 is 1.86 bits per heavy atom. The number of rotatable bonds is 7. The highest BCUT2D eigenvalue weighted by Gasteiger charge is 2.37. The number of hydrogen-bond acceptors (Lipinski definition) is 9. The van der Waals surface area contributed by atoms with Gasteiger partial charge in [-0.1, -0.05) is 0 Å². The minimum Gasteiger partial charge on any atom is -0.493 e. The third-order valence-electron chi connectivity index (χ3n) is 5.86. The smallest absolute Gasteiger partial charge is 0.333 e. The van der Waals surface area contributed by atoms with Crippen LogP contribution < -0.4 is 9.47 Å². The summed E-state index contributed by atoms with van der Waals surface area (Å²) in [6.45, 7) is 2.53. The highest BCUT2D eigenvalue weighted by molar-refractivity contribution is 6.14. The minimum absolute atomic E-state index is 0.156. The maximum Gasteiger partial charge on any atom is 0.333 e. The summed E-state index contributed by atoms with van der Waals surface area (Å²) in [5.74, 6) is -1.24. The number of benzene rings is 1. The molecule has 0 bridgehead atoms. The zero-order valence-corrected chi connectivity index (χ0v) is 19.5. The molecule has 1 aromatic carbocycles. The molecule has 11 nitrogen and oxygen atoms in total. The second kappa shape index (κ2) is 11.7. The lowest BCUT2D eigenvalue weighted by molar-refractivity contribution is -0.152. The molecule has 1 aromatic heterocycles. The first kappa shape index (κ1) is 26.0. The van der Waals surface area contributed by atoms with Gasteiger partial charge in [0.1, 0.15) is 6.33 Å². The number of aliphatic hydroxyl groups excluding tert-OH is 2. The highest BCUT2D eigenvalue weighted by atomic mass is 16.5. The van der Waals surface area contributed by atoms with Crippen molar-refractivity contribution >= 4 is 17.7 Å². The first-order valence-corrected chi connectivity index (χ1v) is 11.2. The van der Waals surface area contributed by atoms with Gasteiger partial charge in [0.05, 0.1) is 38.0 Å². The summed E-state index contributed by atoms with van der Waals surface area (Å²) >= 11 is 0. The van der Waals surface area contributed by atoms with E-state index in [1.54, 1.807) is 19.5 Å². The lowest BCUT2D eigenvalue weighted by atomic mass is 9.74. The lowest BCUT2D eigenvalue weighted by Crippen LogP contribution is -2.34. The predicted octanol–water partition coefficient (Wildman–Crippen LogP) is 1.64. The third-order valence-corrected chi connectivity index (χ3v) is 5.86. The van der Waals surface area contributed by atoms with Crippen LogP contribution in [0.5, 0.6) is 11.5 Å².